The van der Waals surface area contributed by atoms with E-state index in [-0.39, 0.29) is 12.1 Å². The predicted molar refractivity (Wildman–Crippen MR) is 85.6 cm³/mol. The Morgan fingerprint density at radius 1 is 0.667 bits per heavy atom. The molecule has 0 amide bonds. The summed E-state index contributed by atoms with van der Waals surface area (Å²) in [5.41, 5.74) is 3.52. The SMILES string of the molecule is C1=NC(c2cc(C3CCC=N3)nc(C3CCC=N3)c2)CC1. The molecule has 0 fully saturated rings. The largest absolute Gasteiger partial charge is 0.289 e. The van der Waals surface area contributed by atoms with Crippen LogP contribution in [-0.4, -0.2) is 23.6 Å². The summed E-state index contributed by atoms with van der Waals surface area (Å²) in [6.45, 7) is 0. The third-order valence-electron chi connectivity index (χ3n) is 4.52. The van der Waals surface area contributed by atoms with Gasteiger partial charge in [0.1, 0.15) is 0 Å². The summed E-state index contributed by atoms with van der Waals surface area (Å²) < 4.78 is 0. The van der Waals surface area contributed by atoms with Gasteiger partial charge in [0, 0.05) is 0 Å². The fraction of sp³-hybridized carbons (Fsp3) is 0.529. The number of hydrogen-bond acceptors (Lipinski definition) is 4. The highest BCUT2D eigenvalue weighted by Gasteiger charge is 2.23. The first-order chi connectivity index (χ1) is 10.4. The first-order valence-corrected chi connectivity index (χ1v) is 7.97. The van der Waals surface area contributed by atoms with Crippen LogP contribution in [0.25, 0.3) is 0 Å². The van der Waals surface area contributed by atoms with E-state index in [9.17, 15) is 0 Å². The van der Waals surface area contributed by atoms with Gasteiger partial charge < -0.3 is 0 Å². The van der Waals surface area contributed by atoms with Crippen molar-refractivity contribution in [1.82, 2.24) is 4.98 Å². The maximum absolute atomic E-state index is 4.89. The molecule has 21 heavy (non-hydrogen) atoms. The van der Waals surface area contributed by atoms with Crippen molar-refractivity contribution in [1.29, 1.82) is 0 Å². The van der Waals surface area contributed by atoms with Gasteiger partial charge in [-0.2, -0.15) is 0 Å². The highest BCUT2D eigenvalue weighted by Crippen LogP contribution is 2.34. The lowest BCUT2D eigenvalue weighted by Gasteiger charge is -2.16. The number of aromatic nitrogens is 1. The minimum Gasteiger partial charge on any atom is -0.289 e. The van der Waals surface area contributed by atoms with Crippen LogP contribution in [0.4, 0.5) is 0 Å². The average Bonchev–Trinajstić information content (AvgIpc) is 3.29. The van der Waals surface area contributed by atoms with Gasteiger partial charge in [0.25, 0.3) is 0 Å². The zero-order valence-corrected chi connectivity index (χ0v) is 12.2. The molecule has 1 aromatic rings. The summed E-state index contributed by atoms with van der Waals surface area (Å²) >= 11 is 0. The van der Waals surface area contributed by atoms with Gasteiger partial charge in [0.05, 0.1) is 29.5 Å². The molecule has 3 unspecified atom stereocenters. The van der Waals surface area contributed by atoms with E-state index < -0.39 is 0 Å². The van der Waals surface area contributed by atoms with Gasteiger partial charge in [-0.05, 0) is 74.9 Å². The number of rotatable bonds is 3. The number of hydrogen-bond donors (Lipinski definition) is 0. The molecule has 4 heterocycles. The Morgan fingerprint density at radius 2 is 1.14 bits per heavy atom. The van der Waals surface area contributed by atoms with Gasteiger partial charge >= 0.3 is 0 Å². The van der Waals surface area contributed by atoms with Crippen LogP contribution in [0.15, 0.2) is 27.1 Å². The fourth-order valence-electron chi connectivity index (χ4n) is 3.36. The van der Waals surface area contributed by atoms with Crippen LogP contribution < -0.4 is 0 Å². The lowest BCUT2D eigenvalue weighted by atomic mass is 9.99. The number of pyridine rings is 1. The van der Waals surface area contributed by atoms with Crippen molar-refractivity contribution in [3.05, 3.63) is 29.1 Å². The van der Waals surface area contributed by atoms with Gasteiger partial charge in [0.2, 0.25) is 0 Å². The summed E-state index contributed by atoms with van der Waals surface area (Å²) in [6, 6.07) is 5.23. The number of aliphatic imine (C=N–C) groups is 3. The molecule has 0 spiro atoms. The monoisotopic (exact) mass is 280 g/mol. The maximum Gasteiger partial charge on any atom is 0.0919 e. The number of nitrogens with zero attached hydrogens (tertiary/aromatic N) is 4. The molecule has 4 heteroatoms. The van der Waals surface area contributed by atoms with E-state index in [0.717, 1.165) is 49.9 Å². The Bertz CT molecular complexity index is 519. The van der Waals surface area contributed by atoms with Crippen LogP contribution >= 0.6 is 0 Å². The van der Waals surface area contributed by atoms with E-state index in [1.54, 1.807) is 0 Å². The van der Waals surface area contributed by atoms with E-state index in [1.807, 2.05) is 18.6 Å². The van der Waals surface area contributed by atoms with Gasteiger partial charge in [-0.3, -0.25) is 20.0 Å². The van der Waals surface area contributed by atoms with E-state index in [1.165, 1.54) is 5.56 Å². The summed E-state index contributed by atoms with van der Waals surface area (Å²) in [6.07, 6.45) is 12.6. The fourth-order valence-corrected chi connectivity index (χ4v) is 3.36. The molecule has 0 saturated carbocycles. The zero-order valence-electron chi connectivity index (χ0n) is 12.2. The molecule has 0 N–H and O–H groups in total. The molecule has 0 radical (unpaired) electrons. The second-order valence-corrected chi connectivity index (χ2v) is 6.02. The van der Waals surface area contributed by atoms with E-state index in [0.29, 0.717) is 6.04 Å². The Balaban J connectivity index is 1.73. The van der Waals surface area contributed by atoms with Crippen LogP contribution in [0.3, 0.4) is 0 Å². The van der Waals surface area contributed by atoms with Crippen molar-refractivity contribution in [2.75, 3.05) is 0 Å². The first-order valence-electron chi connectivity index (χ1n) is 7.97. The molecule has 3 aliphatic heterocycles. The van der Waals surface area contributed by atoms with Crippen molar-refractivity contribution in [3.63, 3.8) is 0 Å². The van der Waals surface area contributed by atoms with Gasteiger partial charge in [0.15, 0.2) is 0 Å². The van der Waals surface area contributed by atoms with Crippen LogP contribution in [0.5, 0.6) is 0 Å². The Morgan fingerprint density at radius 3 is 1.57 bits per heavy atom. The minimum atomic E-state index is 0.236. The highest BCUT2D eigenvalue weighted by atomic mass is 14.9. The molecule has 0 aromatic carbocycles. The van der Waals surface area contributed by atoms with Gasteiger partial charge in [-0.1, -0.05) is 0 Å². The molecule has 108 valence electrons. The molecule has 1 aromatic heterocycles. The quantitative estimate of drug-likeness (QED) is 0.830. The van der Waals surface area contributed by atoms with E-state index in [2.05, 4.69) is 27.1 Å². The summed E-state index contributed by atoms with van der Waals surface area (Å²) in [4.78, 5) is 18.7. The summed E-state index contributed by atoms with van der Waals surface area (Å²) in [5, 5.41) is 0. The Kier molecular flexibility index (Phi) is 3.37. The lowest BCUT2D eigenvalue weighted by Crippen LogP contribution is -2.05. The van der Waals surface area contributed by atoms with Crippen molar-refractivity contribution >= 4 is 18.6 Å². The third kappa shape index (κ3) is 2.55. The minimum absolute atomic E-state index is 0.236. The molecular weight excluding hydrogens is 260 g/mol. The molecule has 4 nitrogen and oxygen atoms in total. The molecule has 0 saturated heterocycles. The average molecular weight is 280 g/mol. The third-order valence-corrected chi connectivity index (χ3v) is 4.52. The topological polar surface area (TPSA) is 50.0 Å². The van der Waals surface area contributed by atoms with Gasteiger partial charge in [-0.25, -0.2) is 0 Å². The zero-order chi connectivity index (χ0) is 14.1. The van der Waals surface area contributed by atoms with Crippen molar-refractivity contribution in [3.8, 4) is 0 Å². The van der Waals surface area contributed by atoms with Crippen molar-refractivity contribution < 1.29 is 0 Å². The lowest BCUT2D eigenvalue weighted by molar-refractivity contribution is 0.644. The van der Waals surface area contributed by atoms with Crippen LogP contribution in [0.2, 0.25) is 0 Å². The predicted octanol–water partition coefficient (Wildman–Crippen LogP) is 3.80. The molecule has 3 aliphatic rings. The molecule has 4 rings (SSSR count). The van der Waals surface area contributed by atoms with Crippen molar-refractivity contribution in [2.24, 2.45) is 15.0 Å². The van der Waals surface area contributed by atoms with Crippen LogP contribution in [0.1, 0.15) is 73.6 Å². The summed E-state index contributed by atoms with van der Waals surface area (Å²) in [5.74, 6) is 0. The molecular formula is C17H20N4. The smallest absolute Gasteiger partial charge is 0.0919 e. The molecule has 3 atom stereocenters. The van der Waals surface area contributed by atoms with E-state index >= 15 is 0 Å². The first kappa shape index (κ1) is 12.9. The summed E-state index contributed by atoms with van der Waals surface area (Å²) in [7, 11) is 0. The van der Waals surface area contributed by atoms with E-state index in [4.69, 9.17) is 4.98 Å². The second-order valence-electron chi connectivity index (χ2n) is 6.02. The maximum atomic E-state index is 4.89. The van der Waals surface area contributed by atoms with Gasteiger partial charge in [-0.15, -0.1) is 0 Å². The molecule has 0 aliphatic carbocycles. The standard InChI is InChI=1S/C17H20N4/c1-4-13(18-7-1)12-10-16(14-5-2-8-19-14)21-17(11-12)15-6-3-9-20-15/h7-11,13-15H,1-6H2. The Hall–Kier alpha value is -1.84. The van der Waals surface area contributed by atoms with Crippen molar-refractivity contribution in [2.45, 2.75) is 56.7 Å². The van der Waals surface area contributed by atoms with Crippen LogP contribution in [0, 0.1) is 0 Å². The second kappa shape index (κ2) is 5.51. The molecule has 0 bridgehead atoms. The normalized spacial score (nSPS) is 30.6. The Labute approximate surface area is 125 Å². The van der Waals surface area contributed by atoms with Crippen LogP contribution in [-0.2, 0) is 0 Å². The highest BCUT2D eigenvalue weighted by molar-refractivity contribution is 5.62.